The predicted octanol–water partition coefficient (Wildman–Crippen LogP) is 2.22. The number of amides is 1. The molecule has 0 aromatic heterocycles. The molecule has 6 heteroatoms. The molecule has 0 fully saturated rings. The van der Waals surface area contributed by atoms with Crippen LogP contribution in [0, 0.1) is 28.3 Å². The SMILES string of the molecule is C#CCN(CCC)C(=O)c1cc([N+](=O)[O-])ccc1F. The van der Waals surface area contributed by atoms with E-state index >= 15 is 0 Å². The predicted molar refractivity (Wildman–Crippen MR) is 68.1 cm³/mol. The lowest BCUT2D eigenvalue weighted by Crippen LogP contribution is -2.32. The fourth-order valence-corrected chi connectivity index (χ4v) is 1.59. The van der Waals surface area contributed by atoms with Gasteiger partial charge in [0.15, 0.2) is 0 Å². The molecule has 0 atom stereocenters. The molecule has 0 aliphatic heterocycles. The van der Waals surface area contributed by atoms with Crippen molar-refractivity contribution in [2.24, 2.45) is 0 Å². The van der Waals surface area contributed by atoms with Gasteiger partial charge in [-0.05, 0) is 12.5 Å². The minimum atomic E-state index is -0.797. The van der Waals surface area contributed by atoms with E-state index in [0.717, 1.165) is 18.2 Å². The van der Waals surface area contributed by atoms with Crippen LogP contribution in [0.25, 0.3) is 0 Å². The Labute approximate surface area is 110 Å². The smallest absolute Gasteiger partial charge is 0.270 e. The summed E-state index contributed by atoms with van der Waals surface area (Å²) in [7, 11) is 0. The molecule has 0 bridgehead atoms. The molecule has 0 saturated heterocycles. The van der Waals surface area contributed by atoms with E-state index in [2.05, 4.69) is 5.92 Å². The molecular weight excluding hydrogens is 251 g/mol. The maximum Gasteiger partial charge on any atom is 0.270 e. The summed E-state index contributed by atoms with van der Waals surface area (Å²) in [4.78, 5) is 23.3. The van der Waals surface area contributed by atoms with E-state index in [1.54, 1.807) is 0 Å². The van der Waals surface area contributed by atoms with E-state index in [9.17, 15) is 19.3 Å². The van der Waals surface area contributed by atoms with Crippen LogP contribution in [-0.2, 0) is 0 Å². The molecule has 1 amide bonds. The summed E-state index contributed by atoms with van der Waals surface area (Å²) in [6, 6.07) is 2.85. The second kappa shape index (κ2) is 6.50. The molecule has 0 N–H and O–H groups in total. The lowest BCUT2D eigenvalue weighted by molar-refractivity contribution is -0.384. The quantitative estimate of drug-likeness (QED) is 0.465. The summed E-state index contributed by atoms with van der Waals surface area (Å²) < 4.78 is 13.6. The summed E-state index contributed by atoms with van der Waals surface area (Å²) in [6.07, 6.45) is 5.80. The number of carbonyl (C=O) groups excluding carboxylic acids is 1. The van der Waals surface area contributed by atoms with Gasteiger partial charge in [0, 0.05) is 18.7 Å². The molecule has 0 saturated carbocycles. The fourth-order valence-electron chi connectivity index (χ4n) is 1.59. The van der Waals surface area contributed by atoms with Gasteiger partial charge in [-0.25, -0.2) is 4.39 Å². The van der Waals surface area contributed by atoms with Crippen molar-refractivity contribution in [2.75, 3.05) is 13.1 Å². The molecule has 0 aliphatic carbocycles. The molecule has 5 nitrogen and oxygen atoms in total. The molecule has 19 heavy (non-hydrogen) atoms. The first kappa shape index (κ1) is 14.6. The first-order chi connectivity index (χ1) is 9.01. The number of rotatable bonds is 5. The molecule has 0 aliphatic rings. The second-order valence-corrected chi connectivity index (χ2v) is 3.85. The zero-order valence-corrected chi connectivity index (χ0v) is 10.4. The van der Waals surface area contributed by atoms with E-state index < -0.39 is 16.6 Å². The Kier molecular flexibility index (Phi) is 5.01. The first-order valence-corrected chi connectivity index (χ1v) is 5.68. The summed E-state index contributed by atoms with van der Waals surface area (Å²) >= 11 is 0. The minimum absolute atomic E-state index is 0.0365. The number of nitro benzene ring substituents is 1. The van der Waals surface area contributed by atoms with Crippen molar-refractivity contribution in [3.8, 4) is 12.3 Å². The Morgan fingerprint density at radius 3 is 2.79 bits per heavy atom. The number of hydrogen-bond donors (Lipinski definition) is 0. The molecule has 0 spiro atoms. The number of non-ortho nitro benzene ring substituents is 1. The van der Waals surface area contributed by atoms with Crippen molar-refractivity contribution < 1.29 is 14.1 Å². The molecule has 100 valence electrons. The van der Waals surface area contributed by atoms with Crippen molar-refractivity contribution in [3.63, 3.8) is 0 Å². The fraction of sp³-hybridized carbons (Fsp3) is 0.308. The van der Waals surface area contributed by atoms with Crippen molar-refractivity contribution in [1.82, 2.24) is 4.90 Å². The zero-order chi connectivity index (χ0) is 14.4. The van der Waals surface area contributed by atoms with Crippen molar-refractivity contribution in [1.29, 1.82) is 0 Å². The second-order valence-electron chi connectivity index (χ2n) is 3.85. The number of nitrogens with zero attached hydrogens (tertiary/aromatic N) is 2. The normalized spacial score (nSPS) is 9.74. The number of benzene rings is 1. The van der Waals surface area contributed by atoms with Crippen LogP contribution in [0.15, 0.2) is 18.2 Å². The number of halogens is 1. The Bertz CT molecular complexity index is 537. The highest BCUT2D eigenvalue weighted by Crippen LogP contribution is 2.18. The molecule has 1 aromatic rings. The van der Waals surface area contributed by atoms with E-state index in [1.165, 1.54) is 4.90 Å². The van der Waals surface area contributed by atoms with Gasteiger partial charge in [0.2, 0.25) is 0 Å². The Morgan fingerprint density at radius 2 is 2.26 bits per heavy atom. The van der Waals surface area contributed by atoms with Crippen LogP contribution in [0.3, 0.4) is 0 Å². The number of terminal acetylenes is 1. The van der Waals surface area contributed by atoms with E-state index in [0.29, 0.717) is 13.0 Å². The van der Waals surface area contributed by atoms with Gasteiger partial charge in [0.1, 0.15) is 5.82 Å². The van der Waals surface area contributed by atoms with Gasteiger partial charge in [-0.3, -0.25) is 14.9 Å². The number of carbonyl (C=O) groups is 1. The maximum atomic E-state index is 13.6. The highest BCUT2D eigenvalue weighted by molar-refractivity contribution is 5.95. The Hall–Kier alpha value is -2.42. The van der Waals surface area contributed by atoms with Crippen LogP contribution in [0.4, 0.5) is 10.1 Å². The van der Waals surface area contributed by atoms with Crippen LogP contribution in [0.1, 0.15) is 23.7 Å². The van der Waals surface area contributed by atoms with Crippen molar-refractivity contribution >= 4 is 11.6 Å². The third-order valence-electron chi connectivity index (χ3n) is 2.45. The van der Waals surface area contributed by atoms with Crippen molar-refractivity contribution in [2.45, 2.75) is 13.3 Å². The van der Waals surface area contributed by atoms with Gasteiger partial charge >= 0.3 is 0 Å². The topological polar surface area (TPSA) is 63.5 Å². The average molecular weight is 264 g/mol. The summed E-state index contributed by atoms with van der Waals surface area (Å²) in [6.45, 7) is 2.25. The lowest BCUT2D eigenvalue weighted by Gasteiger charge is -2.19. The van der Waals surface area contributed by atoms with Crippen LogP contribution in [0.2, 0.25) is 0 Å². The summed E-state index contributed by atoms with van der Waals surface area (Å²) in [5.41, 5.74) is -0.667. The van der Waals surface area contributed by atoms with E-state index in [1.807, 2.05) is 6.92 Å². The van der Waals surface area contributed by atoms with Gasteiger partial charge in [0.25, 0.3) is 11.6 Å². The highest BCUT2D eigenvalue weighted by Gasteiger charge is 2.21. The largest absolute Gasteiger partial charge is 0.327 e. The van der Waals surface area contributed by atoms with Gasteiger partial charge in [0.05, 0.1) is 17.0 Å². The van der Waals surface area contributed by atoms with Gasteiger partial charge < -0.3 is 4.90 Å². The van der Waals surface area contributed by atoms with Crippen LogP contribution in [-0.4, -0.2) is 28.8 Å². The van der Waals surface area contributed by atoms with E-state index in [-0.39, 0.29) is 17.8 Å². The molecular formula is C13H13FN2O3. The molecule has 1 aromatic carbocycles. The highest BCUT2D eigenvalue weighted by atomic mass is 19.1. The summed E-state index contributed by atoms with van der Waals surface area (Å²) in [5.74, 6) is 0.873. The van der Waals surface area contributed by atoms with Gasteiger partial charge in [-0.1, -0.05) is 12.8 Å². The molecule has 0 radical (unpaired) electrons. The third kappa shape index (κ3) is 3.52. The van der Waals surface area contributed by atoms with Crippen molar-refractivity contribution in [3.05, 3.63) is 39.7 Å². The summed E-state index contributed by atoms with van der Waals surface area (Å²) in [5, 5.41) is 10.6. The maximum absolute atomic E-state index is 13.6. The number of nitro groups is 1. The standard InChI is InChI=1S/C13H13FN2O3/c1-3-7-15(8-4-2)13(17)11-9-10(16(18)19)5-6-12(11)14/h1,5-6,9H,4,7-8H2,2H3. The Morgan fingerprint density at radius 1 is 1.58 bits per heavy atom. The monoisotopic (exact) mass is 264 g/mol. The third-order valence-corrected chi connectivity index (χ3v) is 2.45. The zero-order valence-electron chi connectivity index (χ0n) is 10.4. The Balaban J connectivity index is 3.13. The van der Waals surface area contributed by atoms with Crippen LogP contribution < -0.4 is 0 Å². The van der Waals surface area contributed by atoms with Crippen LogP contribution >= 0.6 is 0 Å². The van der Waals surface area contributed by atoms with E-state index in [4.69, 9.17) is 6.42 Å². The average Bonchev–Trinajstić information content (AvgIpc) is 2.38. The molecule has 0 heterocycles. The van der Waals surface area contributed by atoms with Crippen LogP contribution in [0.5, 0.6) is 0 Å². The molecule has 0 unspecified atom stereocenters. The first-order valence-electron chi connectivity index (χ1n) is 5.68. The minimum Gasteiger partial charge on any atom is -0.327 e. The lowest BCUT2D eigenvalue weighted by atomic mass is 10.1. The molecule has 1 rings (SSSR count). The van der Waals surface area contributed by atoms with Gasteiger partial charge in [-0.2, -0.15) is 0 Å². The number of hydrogen-bond acceptors (Lipinski definition) is 3. The van der Waals surface area contributed by atoms with Gasteiger partial charge in [-0.15, -0.1) is 6.42 Å².